The number of anilines is 4. The van der Waals surface area contributed by atoms with Crippen molar-refractivity contribution >= 4 is 22.7 Å². The van der Waals surface area contributed by atoms with Crippen LogP contribution >= 0.6 is 0 Å². The molecule has 0 fully saturated rings. The van der Waals surface area contributed by atoms with E-state index < -0.39 is 0 Å². The van der Waals surface area contributed by atoms with Crippen molar-refractivity contribution in [1.82, 2.24) is 0 Å². The van der Waals surface area contributed by atoms with Gasteiger partial charge in [0, 0.05) is 22.7 Å². The quantitative estimate of drug-likeness (QED) is 0.503. The zero-order valence-corrected chi connectivity index (χ0v) is 8.93. The number of hydrogen-bond donors (Lipinski definition) is 4. The van der Waals surface area contributed by atoms with Gasteiger partial charge in [-0.3, -0.25) is 0 Å². The van der Waals surface area contributed by atoms with Crippen molar-refractivity contribution in [2.45, 2.75) is 0 Å². The maximum atomic E-state index is 5.38. The van der Waals surface area contributed by atoms with Crippen LogP contribution in [0.2, 0.25) is 0 Å². The molecule has 0 unspecified atom stereocenters. The lowest BCUT2D eigenvalue weighted by Crippen LogP contribution is -1.87. The molecule has 4 heteroatoms. The van der Waals surface area contributed by atoms with Crippen LogP contribution in [0.3, 0.4) is 0 Å². The van der Waals surface area contributed by atoms with E-state index in [4.69, 9.17) is 22.9 Å². The fourth-order valence-corrected chi connectivity index (χ4v) is 1.06. The van der Waals surface area contributed by atoms with Crippen molar-refractivity contribution in [2.75, 3.05) is 22.9 Å². The maximum Gasteiger partial charge on any atom is 0.0334 e. The highest BCUT2D eigenvalue weighted by atomic mass is 14.6. The molecule has 2 rings (SSSR count). The summed E-state index contributed by atoms with van der Waals surface area (Å²) in [6.45, 7) is 0. The number of benzene rings is 2. The Kier molecular flexibility index (Phi) is 4.03. The number of nitrogen functional groups attached to an aromatic ring is 4. The summed E-state index contributed by atoms with van der Waals surface area (Å²) in [5.74, 6) is 0. The number of nitrogens with two attached hydrogens (primary N) is 4. The van der Waals surface area contributed by atoms with Gasteiger partial charge in [-0.15, -0.1) is 0 Å². The lowest BCUT2D eigenvalue weighted by molar-refractivity contribution is 1.67. The molecule has 0 saturated carbocycles. The van der Waals surface area contributed by atoms with E-state index >= 15 is 0 Å². The van der Waals surface area contributed by atoms with Gasteiger partial charge in [-0.2, -0.15) is 0 Å². The van der Waals surface area contributed by atoms with Crippen LogP contribution in [0, 0.1) is 0 Å². The summed E-state index contributed by atoms with van der Waals surface area (Å²) in [5, 5.41) is 0. The lowest BCUT2D eigenvalue weighted by Gasteiger charge is -1.91. The van der Waals surface area contributed by atoms with E-state index in [0.717, 1.165) is 11.4 Å². The highest BCUT2D eigenvalue weighted by Crippen LogP contribution is 2.06. The van der Waals surface area contributed by atoms with Crippen LogP contribution in [0.5, 0.6) is 0 Å². The van der Waals surface area contributed by atoms with Gasteiger partial charge in [0.15, 0.2) is 0 Å². The average Bonchev–Trinajstić information content (AvgIpc) is 2.23. The molecule has 0 atom stereocenters. The summed E-state index contributed by atoms with van der Waals surface area (Å²) in [5.41, 5.74) is 24.4. The monoisotopic (exact) mass is 216 g/mol. The molecule has 0 radical (unpaired) electrons. The van der Waals surface area contributed by atoms with Crippen molar-refractivity contribution in [3.05, 3.63) is 48.5 Å². The Morgan fingerprint density at radius 2 is 0.875 bits per heavy atom. The van der Waals surface area contributed by atoms with Crippen molar-refractivity contribution in [1.29, 1.82) is 0 Å². The SMILES string of the molecule is Nc1ccc(N)cc1.Nc1cccc(N)c1. The van der Waals surface area contributed by atoms with Gasteiger partial charge in [0.1, 0.15) is 0 Å². The molecule has 8 N–H and O–H groups in total. The summed E-state index contributed by atoms with van der Waals surface area (Å²) >= 11 is 0. The largest absolute Gasteiger partial charge is 0.399 e. The highest BCUT2D eigenvalue weighted by Gasteiger charge is 1.82. The van der Waals surface area contributed by atoms with Crippen LogP contribution in [-0.2, 0) is 0 Å². The average molecular weight is 216 g/mol. The zero-order chi connectivity index (χ0) is 12.0. The van der Waals surface area contributed by atoms with Crippen LogP contribution in [0.25, 0.3) is 0 Å². The molecule has 84 valence electrons. The van der Waals surface area contributed by atoms with Gasteiger partial charge in [0.25, 0.3) is 0 Å². The standard InChI is InChI=1S/2C6H8N2/c7-5-1-2-6(8)4-3-5;7-5-2-1-3-6(8)4-5/h2*1-4H,7-8H2. The second-order valence-corrected chi connectivity index (χ2v) is 3.34. The van der Waals surface area contributed by atoms with Crippen LogP contribution < -0.4 is 22.9 Å². The molecule has 0 aliphatic heterocycles. The van der Waals surface area contributed by atoms with Gasteiger partial charge in [-0.25, -0.2) is 0 Å². The first-order valence-corrected chi connectivity index (χ1v) is 4.80. The molecule has 2 aromatic carbocycles. The summed E-state index contributed by atoms with van der Waals surface area (Å²) in [4.78, 5) is 0. The van der Waals surface area contributed by atoms with Gasteiger partial charge in [-0.1, -0.05) is 6.07 Å². The third-order valence-corrected chi connectivity index (χ3v) is 1.85. The molecule has 4 nitrogen and oxygen atoms in total. The van der Waals surface area contributed by atoms with Crippen LogP contribution in [-0.4, -0.2) is 0 Å². The van der Waals surface area contributed by atoms with Gasteiger partial charge in [0.2, 0.25) is 0 Å². The molecule has 0 amide bonds. The second kappa shape index (κ2) is 5.50. The van der Waals surface area contributed by atoms with E-state index in [1.807, 2.05) is 6.07 Å². The molecule has 0 aliphatic carbocycles. The topological polar surface area (TPSA) is 104 Å². The van der Waals surface area contributed by atoms with Crippen molar-refractivity contribution in [2.24, 2.45) is 0 Å². The Morgan fingerprint density at radius 3 is 1.12 bits per heavy atom. The molecule has 0 heterocycles. The van der Waals surface area contributed by atoms with Crippen molar-refractivity contribution in [3.8, 4) is 0 Å². The smallest absolute Gasteiger partial charge is 0.0334 e. The van der Waals surface area contributed by atoms with Gasteiger partial charge in [-0.05, 0) is 42.5 Å². The van der Waals surface area contributed by atoms with E-state index in [2.05, 4.69) is 0 Å². The Hall–Kier alpha value is -2.36. The molecule has 2 aromatic rings. The summed E-state index contributed by atoms with van der Waals surface area (Å²) in [7, 11) is 0. The molecular formula is C12H16N4. The molecular weight excluding hydrogens is 200 g/mol. The predicted molar refractivity (Wildman–Crippen MR) is 70.5 cm³/mol. The third kappa shape index (κ3) is 4.23. The van der Waals surface area contributed by atoms with E-state index in [9.17, 15) is 0 Å². The predicted octanol–water partition coefficient (Wildman–Crippen LogP) is 1.70. The summed E-state index contributed by atoms with van der Waals surface area (Å²) < 4.78 is 0. The van der Waals surface area contributed by atoms with Crippen LogP contribution in [0.4, 0.5) is 22.7 Å². The van der Waals surface area contributed by atoms with Gasteiger partial charge in [0.05, 0.1) is 0 Å². The molecule has 0 saturated heterocycles. The molecule has 0 spiro atoms. The van der Waals surface area contributed by atoms with Crippen molar-refractivity contribution in [3.63, 3.8) is 0 Å². The van der Waals surface area contributed by atoms with Gasteiger partial charge < -0.3 is 22.9 Å². The van der Waals surface area contributed by atoms with Gasteiger partial charge >= 0.3 is 0 Å². The van der Waals surface area contributed by atoms with Crippen LogP contribution in [0.15, 0.2) is 48.5 Å². The van der Waals surface area contributed by atoms with E-state index in [0.29, 0.717) is 11.4 Å². The minimum atomic E-state index is 0.713. The number of rotatable bonds is 0. The maximum absolute atomic E-state index is 5.38. The first kappa shape index (κ1) is 11.7. The minimum absolute atomic E-state index is 0.713. The third-order valence-electron chi connectivity index (χ3n) is 1.85. The molecule has 0 aromatic heterocycles. The van der Waals surface area contributed by atoms with E-state index in [1.54, 1.807) is 42.5 Å². The fraction of sp³-hybridized carbons (Fsp3) is 0. The normalized spacial score (nSPS) is 9.00. The Balaban J connectivity index is 0.000000160. The number of hydrogen-bond acceptors (Lipinski definition) is 4. The summed E-state index contributed by atoms with van der Waals surface area (Å²) in [6, 6.07) is 14.2. The molecule has 16 heavy (non-hydrogen) atoms. The Bertz CT molecular complexity index is 399. The van der Waals surface area contributed by atoms with E-state index in [1.165, 1.54) is 0 Å². The lowest BCUT2D eigenvalue weighted by atomic mass is 10.3. The molecule has 0 bridgehead atoms. The Labute approximate surface area is 94.9 Å². The molecule has 0 aliphatic rings. The van der Waals surface area contributed by atoms with Crippen molar-refractivity contribution < 1.29 is 0 Å². The summed E-state index contributed by atoms with van der Waals surface area (Å²) in [6.07, 6.45) is 0. The van der Waals surface area contributed by atoms with Crippen LogP contribution in [0.1, 0.15) is 0 Å². The fourth-order valence-electron chi connectivity index (χ4n) is 1.06. The minimum Gasteiger partial charge on any atom is -0.399 e. The highest BCUT2D eigenvalue weighted by molar-refractivity contribution is 5.50. The first-order valence-electron chi connectivity index (χ1n) is 4.80. The Morgan fingerprint density at radius 1 is 0.500 bits per heavy atom. The van der Waals surface area contributed by atoms with E-state index in [-0.39, 0.29) is 0 Å². The second-order valence-electron chi connectivity index (χ2n) is 3.34. The first-order chi connectivity index (χ1) is 7.58. The zero-order valence-electron chi connectivity index (χ0n) is 8.93.